The first-order valence-corrected chi connectivity index (χ1v) is 7.54. The predicted octanol–water partition coefficient (Wildman–Crippen LogP) is 0.485. The number of sulfonamides is 1. The minimum Gasteiger partial charge on any atom is -0.397 e. The Bertz CT molecular complexity index is 667. The lowest BCUT2D eigenvalue weighted by Crippen LogP contribution is -2.19. The largest absolute Gasteiger partial charge is 0.397 e. The molecule has 0 unspecified atom stereocenters. The Labute approximate surface area is 117 Å². The van der Waals surface area contributed by atoms with E-state index in [-0.39, 0.29) is 4.90 Å². The van der Waals surface area contributed by atoms with Crippen LogP contribution in [0.15, 0.2) is 41.8 Å². The van der Waals surface area contributed by atoms with E-state index in [1.807, 2.05) is 10.8 Å². The van der Waals surface area contributed by atoms with Crippen LogP contribution in [0.2, 0.25) is 0 Å². The van der Waals surface area contributed by atoms with Crippen molar-refractivity contribution >= 4 is 21.4 Å². The Morgan fingerprint density at radius 3 is 2.80 bits per heavy atom. The summed E-state index contributed by atoms with van der Waals surface area (Å²) < 4.78 is 27.5. The summed E-state index contributed by atoms with van der Waals surface area (Å²) in [5.41, 5.74) is 6.96. The van der Waals surface area contributed by atoms with E-state index < -0.39 is 10.0 Å². The Morgan fingerprint density at radius 2 is 2.20 bits per heavy atom. The highest BCUT2D eigenvalue weighted by atomic mass is 32.2. The second-order valence-corrected chi connectivity index (χ2v) is 6.07. The van der Waals surface area contributed by atoms with Crippen LogP contribution in [-0.4, -0.2) is 31.6 Å². The minimum absolute atomic E-state index is 0.151. The van der Waals surface area contributed by atoms with Gasteiger partial charge in [0.25, 0.3) is 0 Å². The molecular weight excluding hydrogens is 278 g/mol. The molecular formula is C12H17N5O2S. The van der Waals surface area contributed by atoms with Crippen LogP contribution in [0.4, 0.5) is 11.4 Å². The van der Waals surface area contributed by atoms with Crippen LogP contribution in [0.1, 0.15) is 0 Å². The lowest BCUT2D eigenvalue weighted by Gasteiger charge is -2.11. The van der Waals surface area contributed by atoms with Gasteiger partial charge in [0.1, 0.15) is 0 Å². The standard InChI is InChI=1S/C12H17N5O2S/c1-14-20(18,19)10-2-3-12(11(13)8-10)16-5-7-17-6-4-15-9-17/h2-4,6,8-9,14,16H,5,7,13H2,1H3. The molecule has 0 fully saturated rings. The molecule has 4 N–H and O–H groups in total. The molecule has 1 heterocycles. The molecule has 108 valence electrons. The van der Waals surface area contributed by atoms with Gasteiger partial charge in [0.2, 0.25) is 10.0 Å². The maximum absolute atomic E-state index is 11.6. The molecule has 7 nitrogen and oxygen atoms in total. The summed E-state index contributed by atoms with van der Waals surface area (Å²) in [4.78, 5) is 4.10. The van der Waals surface area contributed by atoms with Gasteiger partial charge in [-0.25, -0.2) is 18.1 Å². The normalized spacial score (nSPS) is 11.4. The highest BCUT2D eigenvalue weighted by Crippen LogP contribution is 2.22. The fourth-order valence-corrected chi connectivity index (χ4v) is 2.49. The topological polar surface area (TPSA) is 102 Å². The van der Waals surface area contributed by atoms with E-state index in [1.54, 1.807) is 18.6 Å². The van der Waals surface area contributed by atoms with Gasteiger partial charge in [-0.3, -0.25) is 0 Å². The Balaban J connectivity index is 2.03. The van der Waals surface area contributed by atoms with E-state index in [4.69, 9.17) is 5.73 Å². The van der Waals surface area contributed by atoms with E-state index in [9.17, 15) is 8.42 Å². The van der Waals surface area contributed by atoms with Crippen LogP contribution >= 0.6 is 0 Å². The number of hydrogen-bond donors (Lipinski definition) is 3. The van der Waals surface area contributed by atoms with Crippen molar-refractivity contribution in [2.75, 3.05) is 24.6 Å². The molecule has 1 aromatic carbocycles. The van der Waals surface area contributed by atoms with Crippen LogP contribution in [0.5, 0.6) is 0 Å². The molecule has 2 rings (SSSR count). The first-order chi connectivity index (χ1) is 9.53. The number of aromatic nitrogens is 2. The summed E-state index contributed by atoms with van der Waals surface area (Å²) in [5.74, 6) is 0. The van der Waals surface area contributed by atoms with E-state index >= 15 is 0 Å². The van der Waals surface area contributed by atoms with Crippen molar-refractivity contribution in [3.63, 3.8) is 0 Å². The van der Waals surface area contributed by atoms with Crippen molar-refractivity contribution in [3.8, 4) is 0 Å². The first kappa shape index (κ1) is 14.4. The average Bonchev–Trinajstić information content (AvgIpc) is 2.93. The molecule has 0 saturated heterocycles. The molecule has 8 heteroatoms. The summed E-state index contributed by atoms with van der Waals surface area (Å²) in [6.45, 7) is 1.41. The van der Waals surface area contributed by atoms with E-state index in [0.717, 1.165) is 6.54 Å². The highest BCUT2D eigenvalue weighted by Gasteiger charge is 2.12. The number of benzene rings is 1. The third-order valence-electron chi connectivity index (χ3n) is 2.85. The van der Waals surface area contributed by atoms with Crippen LogP contribution in [0.25, 0.3) is 0 Å². The third-order valence-corrected chi connectivity index (χ3v) is 4.26. The van der Waals surface area contributed by atoms with Crippen molar-refractivity contribution in [3.05, 3.63) is 36.9 Å². The Hall–Kier alpha value is -2.06. The van der Waals surface area contributed by atoms with Gasteiger partial charge in [-0.2, -0.15) is 0 Å². The second-order valence-electron chi connectivity index (χ2n) is 4.18. The molecule has 0 aliphatic carbocycles. The Morgan fingerprint density at radius 1 is 1.40 bits per heavy atom. The van der Waals surface area contributed by atoms with E-state index in [2.05, 4.69) is 15.0 Å². The third kappa shape index (κ3) is 3.28. The van der Waals surface area contributed by atoms with Crippen LogP contribution in [0.3, 0.4) is 0 Å². The van der Waals surface area contributed by atoms with Crippen molar-refractivity contribution in [1.82, 2.24) is 14.3 Å². The lowest BCUT2D eigenvalue weighted by molar-refractivity contribution is 0.588. The lowest BCUT2D eigenvalue weighted by atomic mass is 10.2. The van der Waals surface area contributed by atoms with E-state index in [1.165, 1.54) is 19.2 Å². The van der Waals surface area contributed by atoms with Crippen molar-refractivity contribution in [1.29, 1.82) is 0 Å². The number of hydrogen-bond acceptors (Lipinski definition) is 5. The van der Waals surface area contributed by atoms with Gasteiger partial charge >= 0.3 is 0 Å². The maximum atomic E-state index is 11.6. The van der Waals surface area contributed by atoms with Gasteiger partial charge in [-0.15, -0.1) is 0 Å². The summed E-state index contributed by atoms with van der Waals surface area (Å²) in [6.07, 6.45) is 5.31. The summed E-state index contributed by atoms with van der Waals surface area (Å²) in [6, 6.07) is 4.61. The maximum Gasteiger partial charge on any atom is 0.240 e. The molecule has 0 bridgehead atoms. The molecule has 1 aromatic heterocycles. The molecule has 0 amide bonds. The molecule has 0 atom stereocenters. The summed E-state index contributed by atoms with van der Waals surface area (Å²) >= 11 is 0. The quantitative estimate of drug-likeness (QED) is 0.673. The molecule has 0 radical (unpaired) electrons. The van der Waals surface area contributed by atoms with Gasteiger partial charge in [0.15, 0.2) is 0 Å². The molecule has 0 aliphatic heterocycles. The second kappa shape index (κ2) is 5.93. The van der Waals surface area contributed by atoms with Crippen molar-refractivity contribution in [2.45, 2.75) is 11.4 Å². The average molecular weight is 295 g/mol. The van der Waals surface area contributed by atoms with Gasteiger partial charge in [-0.05, 0) is 25.2 Å². The number of anilines is 2. The molecule has 0 spiro atoms. The molecule has 20 heavy (non-hydrogen) atoms. The van der Waals surface area contributed by atoms with E-state index in [0.29, 0.717) is 17.9 Å². The highest BCUT2D eigenvalue weighted by molar-refractivity contribution is 7.89. The van der Waals surface area contributed by atoms with Gasteiger partial charge in [0, 0.05) is 25.5 Å². The van der Waals surface area contributed by atoms with Crippen molar-refractivity contribution < 1.29 is 8.42 Å². The van der Waals surface area contributed by atoms with Gasteiger partial charge in [-0.1, -0.05) is 0 Å². The SMILES string of the molecule is CNS(=O)(=O)c1ccc(NCCn2ccnc2)c(N)c1. The van der Waals surface area contributed by atoms with Crippen molar-refractivity contribution in [2.24, 2.45) is 0 Å². The zero-order valence-electron chi connectivity index (χ0n) is 11.1. The van der Waals surface area contributed by atoms with Crippen LogP contribution < -0.4 is 15.8 Å². The zero-order chi connectivity index (χ0) is 14.6. The number of nitrogens with two attached hydrogens (primary N) is 1. The number of nitrogens with zero attached hydrogens (tertiary/aromatic N) is 2. The number of rotatable bonds is 6. The monoisotopic (exact) mass is 295 g/mol. The molecule has 2 aromatic rings. The minimum atomic E-state index is -3.46. The fourth-order valence-electron chi connectivity index (χ4n) is 1.73. The van der Waals surface area contributed by atoms with Crippen LogP contribution in [0, 0.1) is 0 Å². The number of nitrogen functional groups attached to an aromatic ring is 1. The first-order valence-electron chi connectivity index (χ1n) is 6.05. The molecule has 0 aliphatic rings. The zero-order valence-corrected chi connectivity index (χ0v) is 11.9. The Kier molecular flexibility index (Phi) is 4.26. The van der Waals surface area contributed by atoms with Gasteiger partial charge < -0.3 is 15.6 Å². The fraction of sp³-hybridized carbons (Fsp3) is 0.250. The smallest absolute Gasteiger partial charge is 0.240 e. The summed E-state index contributed by atoms with van der Waals surface area (Å²) in [5, 5.41) is 3.16. The number of imidazole rings is 1. The summed E-state index contributed by atoms with van der Waals surface area (Å²) in [7, 11) is -2.10. The van der Waals surface area contributed by atoms with Gasteiger partial charge in [0.05, 0.1) is 22.6 Å². The van der Waals surface area contributed by atoms with Crippen LogP contribution in [-0.2, 0) is 16.6 Å². The number of nitrogens with one attached hydrogen (secondary N) is 2. The predicted molar refractivity (Wildman–Crippen MR) is 77.8 cm³/mol. The molecule has 0 saturated carbocycles.